The topological polar surface area (TPSA) is 66.5 Å². The maximum atomic E-state index is 12.4. The predicted octanol–water partition coefficient (Wildman–Crippen LogP) is 4.26. The first-order valence-corrected chi connectivity index (χ1v) is 10.5. The molecule has 0 atom stereocenters. The molecule has 26 heavy (non-hydrogen) atoms. The SMILES string of the molecule is CC(C)c1ccccc1NC(=O)CCN(c1cccc(Cl)c1)S(C)(=O)=O. The third kappa shape index (κ3) is 5.47. The Morgan fingerprint density at radius 1 is 1.15 bits per heavy atom. The molecule has 0 saturated carbocycles. The summed E-state index contributed by atoms with van der Waals surface area (Å²) in [6.45, 7) is 4.14. The molecule has 0 aliphatic carbocycles. The maximum absolute atomic E-state index is 12.4. The molecule has 2 rings (SSSR count). The van der Waals surface area contributed by atoms with Crippen LogP contribution >= 0.6 is 11.6 Å². The van der Waals surface area contributed by atoms with Gasteiger partial charge in [0.15, 0.2) is 0 Å². The number of hydrogen-bond donors (Lipinski definition) is 1. The van der Waals surface area contributed by atoms with Crippen LogP contribution < -0.4 is 9.62 Å². The van der Waals surface area contributed by atoms with E-state index >= 15 is 0 Å². The van der Waals surface area contributed by atoms with Gasteiger partial charge in [-0.1, -0.05) is 49.7 Å². The van der Waals surface area contributed by atoms with Crippen molar-refractivity contribution < 1.29 is 13.2 Å². The summed E-state index contributed by atoms with van der Waals surface area (Å²) in [6.07, 6.45) is 1.14. The van der Waals surface area contributed by atoms with E-state index < -0.39 is 10.0 Å². The summed E-state index contributed by atoms with van der Waals surface area (Å²) >= 11 is 5.96. The number of rotatable bonds is 7. The van der Waals surface area contributed by atoms with Gasteiger partial charge in [0.2, 0.25) is 15.9 Å². The number of hydrogen-bond acceptors (Lipinski definition) is 3. The van der Waals surface area contributed by atoms with Gasteiger partial charge in [-0.15, -0.1) is 0 Å². The third-order valence-corrected chi connectivity index (χ3v) is 5.32. The van der Waals surface area contributed by atoms with Crippen molar-refractivity contribution in [1.29, 1.82) is 0 Å². The second-order valence-corrected chi connectivity index (χ2v) is 8.70. The zero-order valence-electron chi connectivity index (χ0n) is 15.1. The van der Waals surface area contributed by atoms with E-state index in [9.17, 15) is 13.2 Å². The normalized spacial score (nSPS) is 11.4. The number of nitrogens with zero attached hydrogens (tertiary/aromatic N) is 1. The van der Waals surface area contributed by atoms with Crippen LogP contribution in [0.25, 0.3) is 0 Å². The van der Waals surface area contributed by atoms with Gasteiger partial charge in [-0.05, 0) is 35.7 Å². The van der Waals surface area contributed by atoms with Crippen LogP contribution in [0.4, 0.5) is 11.4 Å². The zero-order chi connectivity index (χ0) is 19.3. The highest BCUT2D eigenvalue weighted by molar-refractivity contribution is 7.92. The van der Waals surface area contributed by atoms with Gasteiger partial charge in [0.25, 0.3) is 0 Å². The van der Waals surface area contributed by atoms with Crippen molar-refractivity contribution in [2.75, 3.05) is 22.4 Å². The fraction of sp³-hybridized carbons (Fsp3) is 0.316. The van der Waals surface area contributed by atoms with Crippen molar-refractivity contribution in [3.05, 3.63) is 59.1 Å². The van der Waals surface area contributed by atoms with E-state index in [1.807, 2.05) is 24.3 Å². The minimum absolute atomic E-state index is 0.0337. The van der Waals surface area contributed by atoms with Gasteiger partial charge in [-0.3, -0.25) is 9.10 Å². The van der Waals surface area contributed by atoms with E-state index in [4.69, 9.17) is 11.6 Å². The van der Waals surface area contributed by atoms with Crippen LogP contribution in [0.15, 0.2) is 48.5 Å². The van der Waals surface area contributed by atoms with E-state index in [0.717, 1.165) is 17.5 Å². The molecule has 0 aliphatic rings. The van der Waals surface area contributed by atoms with Gasteiger partial charge in [0, 0.05) is 23.7 Å². The Labute approximate surface area is 160 Å². The molecule has 1 amide bonds. The van der Waals surface area contributed by atoms with Crippen LogP contribution in [0, 0.1) is 0 Å². The Morgan fingerprint density at radius 3 is 2.46 bits per heavy atom. The van der Waals surface area contributed by atoms with Gasteiger partial charge in [-0.25, -0.2) is 8.42 Å². The molecule has 1 N–H and O–H groups in total. The number of anilines is 2. The van der Waals surface area contributed by atoms with Gasteiger partial charge >= 0.3 is 0 Å². The van der Waals surface area contributed by atoms with Gasteiger partial charge in [-0.2, -0.15) is 0 Å². The van der Waals surface area contributed by atoms with Gasteiger partial charge < -0.3 is 5.32 Å². The number of sulfonamides is 1. The number of para-hydroxylation sites is 1. The molecule has 140 valence electrons. The average Bonchev–Trinajstić information content (AvgIpc) is 2.54. The summed E-state index contributed by atoms with van der Waals surface area (Å²) in [7, 11) is -3.53. The Hall–Kier alpha value is -2.05. The van der Waals surface area contributed by atoms with E-state index in [1.54, 1.807) is 24.3 Å². The Morgan fingerprint density at radius 2 is 1.85 bits per heavy atom. The number of carbonyl (C=O) groups is 1. The zero-order valence-corrected chi connectivity index (χ0v) is 16.6. The Bertz CT molecular complexity index is 882. The first-order chi connectivity index (χ1) is 12.2. The molecule has 0 radical (unpaired) electrons. The van der Waals surface area contributed by atoms with Gasteiger partial charge in [0.05, 0.1) is 11.9 Å². The number of nitrogens with one attached hydrogen (secondary N) is 1. The Balaban J connectivity index is 2.11. The molecule has 7 heteroatoms. The summed E-state index contributed by atoms with van der Waals surface area (Å²) in [5.41, 5.74) is 2.23. The lowest BCUT2D eigenvalue weighted by Crippen LogP contribution is -2.33. The highest BCUT2D eigenvalue weighted by Crippen LogP contribution is 2.25. The van der Waals surface area contributed by atoms with Crippen molar-refractivity contribution in [1.82, 2.24) is 0 Å². The number of amides is 1. The molecule has 2 aromatic rings. The quantitative estimate of drug-likeness (QED) is 0.763. The van der Waals surface area contributed by atoms with Crippen LogP contribution in [0.5, 0.6) is 0 Å². The fourth-order valence-electron chi connectivity index (χ4n) is 2.65. The van der Waals surface area contributed by atoms with Crippen LogP contribution in [0.3, 0.4) is 0 Å². The fourth-order valence-corrected chi connectivity index (χ4v) is 3.75. The molecule has 0 bridgehead atoms. The van der Waals surface area contributed by atoms with Crippen LogP contribution in [0.1, 0.15) is 31.7 Å². The number of halogens is 1. The Kier molecular flexibility index (Phi) is 6.67. The van der Waals surface area contributed by atoms with E-state index in [2.05, 4.69) is 19.2 Å². The summed E-state index contributed by atoms with van der Waals surface area (Å²) in [5.74, 6) is 0.0271. The number of carbonyl (C=O) groups excluding carboxylic acids is 1. The maximum Gasteiger partial charge on any atom is 0.232 e. The minimum atomic E-state index is -3.53. The summed E-state index contributed by atoms with van der Waals surface area (Å²) < 4.78 is 25.4. The molecule has 0 spiro atoms. The smallest absolute Gasteiger partial charge is 0.232 e. The first kappa shape index (κ1) is 20.3. The molecule has 0 aromatic heterocycles. The lowest BCUT2D eigenvalue weighted by atomic mass is 10.0. The largest absolute Gasteiger partial charge is 0.326 e. The van der Waals surface area contributed by atoms with E-state index in [0.29, 0.717) is 10.7 Å². The van der Waals surface area contributed by atoms with Crippen molar-refractivity contribution >= 4 is 38.9 Å². The molecule has 0 fully saturated rings. The molecule has 0 heterocycles. The standard InChI is InChI=1S/C19H23ClN2O3S/c1-14(2)17-9-4-5-10-18(17)21-19(23)11-12-22(26(3,24)25)16-8-6-7-15(20)13-16/h4-10,13-14H,11-12H2,1-3H3,(H,21,23). The van der Waals surface area contributed by atoms with Crippen molar-refractivity contribution in [3.8, 4) is 0 Å². The molecule has 5 nitrogen and oxygen atoms in total. The molecule has 0 aliphatic heterocycles. The summed E-state index contributed by atoms with van der Waals surface area (Å²) in [6, 6.07) is 14.2. The average molecular weight is 395 g/mol. The molecular weight excluding hydrogens is 372 g/mol. The summed E-state index contributed by atoms with van der Waals surface area (Å²) in [4.78, 5) is 12.4. The highest BCUT2D eigenvalue weighted by Gasteiger charge is 2.19. The lowest BCUT2D eigenvalue weighted by Gasteiger charge is -2.22. The second-order valence-electron chi connectivity index (χ2n) is 6.36. The van der Waals surface area contributed by atoms with Gasteiger partial charge in [0.1, 0.15) is 0 Å². The van der Waals surface area contributed by atoms with Crippen LogP contribution in [-0.4, -0.2) is 27.1 Å². The highest BCUT2D eigenvalue weighted by atomic mass is 35.5. The summed E-state index contributed by atoms with van der Waals surface area (Å²) in [5, 5.41) is 3.31. The van der Waals surface area contributed by atoms with Crippen LogP contribution in [-0.2, 0) is 14.8 Å². The molecule has 0 saturated heterocycles. The van der Waals surface area contributed by atoms with Crippen molar-refractivity contribution in [3.63, 3.8) is 0 Å². The van der Waals surface area contributed by atoms with Crippen LogP contribution in [0.2, 0.25) is 5.02 Å². The lowest BCUT2D eigenvalue weighted by molar-refractivity contribution is -0.116. The first-order valence-electron chi connectivity index (χ1n) is 8.30. The molecule has 0 unspecified atom stereocenters. The van der Waals surface area contributed by atoms with E-state index in [1.165, 1.54) is 4.31 Å². The molecular formula is C19H23ClN2O3S. The number of benzene rings is 2. The van der Waals surface area contributed by atoms with E-state index in [-0.39, 0.29) is 24.8 Å². The van der Waals surface area contributed by atoms with Crippen molar-refractivity contribution in [2.24, 2.45) is 0 Å². The predicted molar refractivity (Wildman–Crippen MR) is 107 cm³/mol. The second kappa shape index (κ2) is 8.56. The monoisotopic (exact) mass is 394 g/mol. The van der Waals surface area contributed by atoms with Crippen molar-refractivity contribution in [2.45, 2.75) is 26.2 Å². The molecule has 2 aromatic carbocycles. The third-order valence-electron chi connectivity index (χ3n) is 3.90. The minimum Gasteiger partial charge on any atom is -0.326 e.